The molecule has 2 N–H and O–H groups in total. The van der Waals surface area contributed by atoms with E-state index in [2.05, 4.69) is 37.4 Å². The summed E-state index contributed by atoms with van der Waals surface area (Å²) >= 11 is 2.10. The number of hydrogen-bond donors (Lipinski definition) is 1. The normalized spacial score (nSPS) is 30.7. The zero-order chi connectivity index (χ0) is 12.5. The van der Waals surface area contributed by atoms with Crippen molar-refractivity contribution in [3.63, 3.8) is 0 Å². The van der Waals surface area contributed by atoms with E-state index in [0.717, 1.165) is 12.5 Å². The van der Waals surface area contributed by atoms with Crippen LogP contribution in [-0.2, 0) is 0 Å². The highest BCUT2D eigenvalue weighted by atomic mass is 32.2. The van der Waals surface area contributed by atoms with Crippen LogP contribution in [0.4, 0.5) is 0 Å². The molecule has 1 atom stereocenters. The molecule has 0 aromatic rings. The van der Waals surface area contributed by atoms with Gasteiger partial charge in [-0.05, 0) is 48.6 Å². The second kappa shape index (κ2) is 5.10. The molecule has 2 aliphatic heterocycles. The lowest BCUT2D eigenvalue weighted by Gasteiger charge is -2.44. The molecule has 2 heterocycles. The van der Waals surface area contributed by atoms with E-state index in [-0.39, 0.29) is 0 Å². The highest BCUT2D eigenvalue weighted by Crippen LogP contribution is 2.40. The van der Waals surface area contributed by atoms with Crippen molar-refractivity contribution in [1.82, 2.24) is 4.90 Å². The second-order valence-corrected chi connectivity index (χ2v) is 8.06. The maximum absolute atomic E-state index is 6.12. The van der Waals surface area contributed by atoms with Gasteiger partial charge >= 0.3 is 0 Å². The Morgan fingerprint density at radius 3 is 2.41 bits per heavy atom. The largest absolute Gasteiger partial charge is 0.329 e. The van der Waals surface area contributed by atoms with Crippen molar-refractivity contribution in [3.05, 3.63) is 0 Å². The first-order valence-electron chi connectivity index (χ1n) is 7.01. The standard InChI is InChI=1S/C14H28N2S/c1-13(2,3)12-4-7-16(10-12)14(11-15)5-8-17-9-6-14/h12H,4-11,15H2,1-3H3. The predicted octanol–water partition coefficient (Wildman–Crippen LogP) is 2.58. The van der Waals surface area contributed by atoms with Crippen molar-refractivity contribution >= 4 is 11.8 Å². The van der Waals surface area contributed by atoms with Crippen molar-refractivity contribution in [1.29, 1.82) is 0 Å². The Morgan fingerprint density at radius 2 is 1.94 bits per heavy atom. The highest BCUT2D eigenvalue weighted by molar-refractivity contribution is 7.99. The molecular weight excluding hydrogens is 228 g/mol. The van der Waals surface area contributed by atoms with Crippen LogP contribution in [0, 0.1) is 11.3 Å². The van der Waals surface area contributed by atoms with Gasteiger partial charge in [0.25, 0.3) is 0 Å². The van der Waals surface area contributed by atoms with Gasteiger partial charge in [-0.15, -0.1) is 0 Å². The fourth-order valence-corrected chi connectivity index (χ4v) is 4.55. The number of nitrogens with zero attached hydrogens (tertiary/aromatic N) is 1. The summed E-state index contributed by atoms with van der Waals surface area (Å²) in [7, 11) is 0. The van der Waals surface area contributed by atoms with Crippen LogP contribution in [-0.4, -0.2) is 41.6 Å². The smallest absolute Gasteiger partial charge is 0.0347 e. The van der Waals surface area contributed by atoms with E-state index in [1.165, 1.54) is 43.9 Å². The van der Waals surface area contributed by atoms with Gasteiger partial charge in [0.2, 0.25) is 0 Å². The van der Waals surface area contributed by atoms with E-state index in [1.807, 2.05) is 0 Å². The minimum atomic E-state index is 0.339. The Hall–Kier alpha value is 0.270. The SMILES string of the molecule is CC(C)(C)C1CCN(C2(CN)CCSCC2)C1. The molecule has 0 aromatic heterocycles. The van der Waals surface area contributed by atoms with Gasteiger partial charge in [-0.25, -0.2) is 0 Å². The number of hydrogen-bond acceptors (Lipinski definition) is 3. The Labute approximate surface area is 111 Å². The predicted molar refractivity (Wildman–Crippen MR) is 77.5 cm³/mol. The summed E-state index contributed by atoms with van der Waals surface area (Å²) in [5.41, 5.74) is 6.91. The van der Waals surface area contributed by atoms with Crippen molar-refractivity contribution in [2.24, 2.45) is 17.1 Å². The van der Waals surface area contributed by atoms with Crippen LogP contribution >= 0.6 is 11.8 Å². The highest BCUT2D eigenvalue weighted by Gasteiger charge is 2.42. The van der Waals surface area contributed by atoms with E-state index in [9.17, 15) is 0 Å². The molecule has 2 saturated heterocycles. The molecule has 3 heteroatoms. The fourth-order valence-electron chi connectivity index (χ4n) is 3.30. The van der Waals surface area contributed by atoms with Crippen LogP contribution in [0.2, 0.25) is 0 Å². The van der Waals surface area contributed by atoms with Gasteiger partial charge in [0.1, 0.15) is 0 Å². The minimum absolute atomic E-state index is 0.339. The van der Waals surface area contributed by atoms with Crippen LogP contribution < -0.4 is 5.73 Å². The van der Waals surface area contributed by atoms with Crippen molar-refractivity contribution < 1.29 is 0 Å². The first kappa shape index (κ1) is 13.7. The zero-order valence-electron chi connectivity index (χ0n) is 11.7. The molecule has 0 spiro atoms. The van der Waals surface area contributed by atoms with E-state index in [4.69, 9.17) is 5.73 Å². The number of rotatable bonds is 2. The first-order valence-corrected chi connectivity index (χ1v) is 8.16. The molecule has 0 radical (unpaired) electrons. The minimum Gasteiger partial charge on any atom is -0.329 e. The lowest BCUT2D eigenvalue weighted by molar-refractivity contribution is 0.0981. The van der Waals surface area contributed by atoms with Crippen LogP contribution in [0.3, 0.4) is 0 Å². The third-order valence-corrected chi connectivity index (χ3v) is 5.87. The number of thioether (sulfide) groups is 1. The van der Waals surface area contributed by atoms with E-state index >= 15 is 0 Å². The molecule has 100 valence electrons. The fraction of sp³-hybridized carbons (Fsp3) is 1.00. The summed E-state index contributed by atoms with van der Waals surface area (Å²) in [6, 6.07) is 0. The average Bonchev–Trinajstić information content (AvgIpc) is 2.79. The van der Waals surface area contributed by atoms with Crippen molar-refractivity contribution in [3.8, 4) is 0 Å². The quantitative estimate of drug-likeness (QED) is 0.823. The third-order valence-electron chi connectivity index (χ3n) is 4.89. The number of likely N-dealkylation sites (tertiary alicyclic amines) is 1. The van der Waals surface area contributed by atoms with E-state index < -0.39 is 0 Å². The molecule has 2 nitrogen and oxygen atoms in total. The molecule has 2 fully saturated rings. The molecule has 17 heavy (non-hydrogen) atoms. The molecule has 0 saturated carbocycles. The van der Waals surface area contributed by atoms with Crippen molar-refractivity contribution in [2.45, 2.75) is 45.6 Å². The summed E-state index contributed by atoms with van der Waals surface area (Å²) in [5, 5.41) is 0. The van der Waals surface area contributed by atoms with Crippen LogP contribution in [0.15, 0.2) is 0 Å². The number of nitrogens with two attached hydrogens (primary N) is 1. The Bertz CT molecular complexity index is 253. The summed E-state index contributed by atoms with van der Waals surface area (Å²) in [6.45, 7) is 10.5. The van der Waals surface area contributed by atoms with Gasteiger partial charge in [0, 0.05) is 18.6 Å². The van der Waals surface area contributed by atoms with Gasteiger partial charge < -0.3 is 5.73 Å². The lowest BCUT2D eigenvalue weighted by Crippen LogP contribution is -2.55. The van der Waals surface area contributed by atoms with Crippen molar-refractivity contribution in [2.75, 3.05) is 31.1 Å². The van der Waals surface area contributed by atoms with Crippen LogP contribution in [0.5, 0.6) is 0 Å². The Morgan fingerprint density at radius 1 is 1.29 bits per heavy atom. The van der Waals surface area contributed by atoms with Gasteiger partial charge in [0.15, 0.2) is 0 Å². The zero-order valence-corrected chi connectivity index (χ0v) is 12.5. The first-order chi connectivity index (χ1) is 7.98. The third kappa shape index (κ3) is 2.82. The monoisotopic (exact) mass is 256 g/mol. The summed E-state index contributed by atoms with van der Waals surface area (Å²) in [4.78, 5) is 2.72. The molecule has 0 aliphatic carbocycles. The molecule has 2 aliphatic rings. The average molecular weight is 256 g/mol. The molecule has 0 aromatic carbocycles. The second-order valence-electron chi connectivity index (χ2n) is 6.84. The molecular formula is C14H28N2S. The van der Waals surface area contributed by atoms with Gasteiger partial charge in [-0.1, -0.05) is 20.8 Å². The van der Waals surface area contributed by atoms with E-state index in [1.54, 1.807) is 0 Å². The summed E-state index contributed by atoms with van der Waals surface area (Å²) in [6.07, 6.45) is 3.95. The van der Waals surface area contributed by atoms with Gasteiger partial charge in [-0.3, -0.25) is 4.90 Å². The van der Waals surface area contributed by atoms with Gasteiger partial charge in [0.05, 0.1) is 0 Å². The maximum Gasteiger partial charge on any atom is 0.0347 e. The lowest BCUT2D eigenvalue weighted by atomic mass is 9.80. The molecule has 1 unspecified atom stereocenters. The van der Waals surface area contributed by atoms with Gasteiger partial charge in [-0.2, -0.15) is 11.8 Å². The van der Waals surface area contributed by atoms with Crippen LogP contribution in [0.25, 0.3) is 0 Å². The van der Waals surface area contributed by atoms with E-state index in [0.29, 0.717) is 11.0 Å². The summed E-state index contributed by atoms with van der Waals surface area (Å²) in [5.74, 6) is 3.45. The topological polar surface area (TPSA) is 29.3 Å². The molecule has 0 bridgehead atoms. The Balaban J connectivity index is 2.03. The molecule has 0 amide bonds. The van der Waals surface area contributed by atoms with Crippen LogP contribution in [0.1, 0.15) is 40.0 Å². The molecule has 2 rings (SSSR count). The maximum atomic E-state index is 6.12. The Kier molecular flexibility index (Phi) is 4.11. The summed E-state index contributed by atoms with van der Waals surface area (Å²) < 4.78 is 0.